The van der Waals surface area contributed by atoms with Crippen LogP contribution in [0.3, 0.4) is 0 Å². The van der Waals surface area contributed by atoms with E-state index in [-0.39, 0.29) is 24.1 Å². The molecule has 4 rings (SSSR count). The van der Waals surface area contributed by atoms with Crippen molar-refractivity contribution < 1.29 is 19.1 Å². The zero-order valence-corrected chi connectivity index (χ0v) is 21.1. The highest BCUT2D eigenvalue weighted by Gasteiger charge is 2.32. The summed E-state index contributed by atoms with van der Waals surface area (Å²) in [5, 5.41) is 8.46. The minimum Gasteiger partial charge on any atom is -0.490 e. The number of aryl methyl sites for hydroxylation is 1. The lowest BCUT2D eigenvalue weighted by molar-refractivity contribution is -0.122. The molecule has 35 heavy (non-hydrogen) atoms. The summed E-state index contributed by atoms with van der Waals surface area (Å²) in [5.41, 5.74) is 3.38. The van der Waals surface area contributed by atoms with Crippen LogP contribution in [0.4, 0.5) is 5.69 Å². The van der Waals surface area contributed by atoms with E-state index in [2.05, 4.69) is 10.4 Å². The van der Waals surface area contributed by atoms with Crippen molar-refractivity contribution >= 4 is 29.3 Å². The molecule has 0 bridgehead atoms. The Hall–Kier alpha value is -3.46. The number of carbonyl (C=O) groups excluding carboxylic acids is 2. The quantitative estimate of drug-likeness (QED) is 0.462. The van der Waals surface area contributed by atoms with Crippen molar-refractivity contribution in [2.24, 2.45) is 0 Å². The van der Waals surface area contributed by atoms with Crippen LogP contribution in [-0.4, -0.2) is 53.7 Å². The van der Waals surface area contributed by atoms with Crippen LogP contribution in [0.15, 0.2) is 53.6 Å². The van der Waals surface area contributed by atoms with E-state index in [9.17, 15) is 9.59 Å². The number of para-hydroxylation sites is 1. The Morgan fingerprint density at radius 1 is 1.09 bits per heavy atom. The Bertz CT molecular complexity index is 1200. The molecule has 2 aromatic carbocycles. The molecule has 2 amide bonds. The molecule has 184 valence electrons. The van der Waals surface area contributed by atoms with Gasteiger partial charge >= 0.3 is 0 Å². The third-order valence-electron chi connectivity index (χ3n) is 5.54. The molecule has 0 aliphatic carbocycles. The summed E-state index contributed by atoms with van der Waals surface area (Å²) < 4.78 is 13.1. The van der Waals surface area contributed by atoms with Crippen LogP contribution in [0, 0.1) is 6.92 Å². The van der Waals surface area contributed by atoms with Crippen LogP contribution in [0.2, 0.25) is 0 Å². The van der Waals surface area contributed by atoms with Crippen molar-refractivity contribution in [1.29, 1.82) is 0 Å². The predicted molar refractivity (Wildman–Crippen MR) is 137 cm³/mol. The average Bonchev–Trinajstić information content (AvgIpc) is 3.20. The fourth-order valence-corrected chi connectivity index (χ4v) is 5.06. The second-order valence-electron chi connectivity index (χ2n) is 8.00. The Morgan fingerprint density at radius 3 is 2.57 bits per heavy atom. The number of fused-ring (bicyclic) bond motifs is 1. The fourth-order valence-electron chi connectivity index (χ4n) is 3.98. The Morgan fingerprint density at radius 2 is 1.83 bits per heavy atom. The highest BCUT2D eigenvalue weighted by atomic mass is 32.2. The number of rotatable bonds is 10. The number of amides is 2. The predicted octanol–water partition coefficient (Wildman–Crippen LogP) is 3.78. The van der Waals surface area contributed by atoms with E-state index in [1.807, 2.05) is 74.0 Å². The van der Waals surface area contributed by atoms with Gasteiger partial charge in [0.1, 0.15) is 11.6 Å². The van der Waals surface area contributed by atoms with Gasteiger partial charge in [-0.15, -0.1) is 0 Å². The molecule has 0 fully saturated rings. The molecule has 0 saturated heterocycles. The molecule has 3 aromatic rings. The number of nitrogens with zero attached hydrogens (tertiary/aromatic N) is 3. The highest BCUT2D eigenvalue weighted by Crippen LogP contribution is 2.39. The molecule has 0 unspecified atom stereocenters. The van der Waals surface area contributed by atoms with Gasteiger partial charge < -0.3 is 14.8 Å². The molecule has 2 heterocycles. The lowest BCUT2D eigenvalue weighted by Crippen LogP contribution is -2.43. The summed E-state index contributed by atoms with van der Waals surface area (Å²) in [6, 6.07) is 15.6. The topological polar surface area (TPSA) is 85.7 Å². The van der Waals surface area contributed by atoms with Gasteiger partial charge in [0.2, 0.25) is 11.8 Å². The number of thioether (sulfide) groups is 1. The van der Waals surface area contributed by atoms with Gasteiger partial charge in [-0.05, 0) is 57.0 Å². The van der Waals surface area contributed by atoms with E-state index < -0.39 is 0 Å². The van der Waals surface area contributed by atoms with E-state index >= 15 is 0 Å². The van der Waals surface area contributed by atoms with Gasteiger partial charge in [0, 0.05) is 6.54 Å². The van der Waals surface area contributed by atoms with Gasteiger partial charge in [-0.1, -0.05) is 36.0 Å². The molecule has 0 spiro atoms. The van der Waals surface area contributed by atoms with Crippen LogP contribution in [-0.2, 0) is 16.0 Å². The van der Waals surface area contributed by atoms with Gasteiger partial charge in [-0.3, -0.25) is 14.5 Å². The van der Waals surface area contributed by atoms with Crippen molar-refractivity contribution in [3.8, 4) is 17.2 Å². The molecule has 1 N–H and O–H groups in total. The summed E-state index contributed by atoms with van der Waals surface area (Å²) in [6.45, 7) is 7.25. The van der Waals surface area contributed by atoms with E-state index in [0.29, 0.717) is 43.4 Å². The molecule has 0 saturated carbocycles. The smallest absolute Gasteiger partial charge is 0.240 e. The van der Waals surface area contributed by atoms with Crippen molar-refractivity contribution in [1.82, 2.24) is 15.1 Å². The first kappa shape index (κ1) is 24.7. The third-order valence-corrected chi connectivity index (χ3v) is 6.57. The fraction of sp³-hybridized carbons (Fsp3) is 0.346. The van der Waals surface area contributed by atoms with E-state index in [4.69, 9.17) is 9.47 Å². The van der Waals surface area contributed by atoms with Crippen molar-refractivity contribution in [2.75, 3.05) is 37.0 Å². The van der Waals surface area contributed by atoms with Crippen LogP contribution in [0.1, 0.15) is 25.1 Å². The molecular formula is C26H30N4O4S. The number of hydrogen-bond acceptors (Lipinski definition) is 6. The molecule has 1 aliphatic rings. The number of carbonyl (C=O) groups is 2. The first-order chi connectivity index (χ1) is 17.0. The minimum atomic E-state index is -0.209. The molecule has 1 aliphatic heterocycles. The molecule has 8 nitrogen and oxygen atoms in total. The number of aromatic nitrogens is 2. The van der Waals surface area contributed by atoms with Crippen LogP contribution < -0.4 is 19.7 Å². The number of anilines is 1. The largest absolute Gasteiger partial charge is 0.490 e. The zero-order chi connectivity index (χ0) is 24.8. The first-order valence-corrected chi connectivity index (χ1v) is 12.7. The summed E-state index contributed by atoms with van der Waals surface area (Å²) in [4.78, 5) is 27.1. The van der Waals surface area contributed by atoms with Gasteiger partial charge in [-0.2, -0.15) is 5.10 Å². The summed E-state index contributed by atoms with van der Waals surface area (Å²) >= 11 is 1.45. The summed E-state index contributed by atoms with van der Waals surface area (Å²) in [6.07, 6.45) is 0.637. The SMILES string of the molecule is CCOc1ccc(CCNC(=O)CN2C(=O)CSc3c2c(C)nn3-c2ccccc2)cc1OCC. The Balaban J connectivity index is 1.41. The van der Waals surface area contributed by atoms with Crippen LogP contribution in [0.25, 0.3) is 5.69 Å². The minimum absolute atomic E-state index is 0.0405. The van der Waals surface area contributed by atoms with E-state index in [0.717, 1.165) is 22.0 Å². The van der Waals surface area contributed by atoms with Gasteiger partial charge in [-0.25, -0.2) is 4.68 Å². The second kappa shape index (κ2) is 11.3. The molecule has 0 radical (unpaired) electrons. The Kier molecular flexibility index (Phi) is 7.97. The number of hydrogen-bond donors (Lipinski definition) is 1. The van der Waals surface area contributed by atoms with Gasteiger partial charge in [0.25, 0.3) is 0 Å². The van der Waals surface area contributed by atoms with Gasteiger partial charge in [0.05, 0.1) is 36.0 Å². The number of benzene rings is 2. The maximum atomic E-state index is 12.8. The maximum Gasteiger partial charge on any atom is 0.240 e. The molecule has 0 atom stereocenters. The maximum absolute atomic E-state index is 12.8. The number of ether oxygens (including phenoxy) is 2. The molecule has 9 heteroatoms. The average molecular weight is 495 g/mol. The normalized spacial score (nSPS) is 12.9. The van der Waals surface area contributed by atoms with Crippen LogP contribution in [0.5, 0.6) is 11.5 Å². The van der Waals surface area contributed by atoms with E-state index in [1.165, 1.54) is 11.8 Å². The zero-order valence-electron chi connectivity index (χ0n) is 20.2. The molecular weight excluding hydrogens is 464 g/mol. The summed E-state index contributed by atoms with van der Waals surface area (Å²) in [5.74, 6) is 1.38. The summed E-state index contributed by atoms with van der Waals surface area (Å²) in [7, 11) is 0. The van der Waals surface area contributed by atoms with Crippen molar-refractivity contribution in [3.63, 3.8) is 0 Å². The highest BCUT2D eigenvalue weighted by molar-refractivity contribution is 8.00. The lowest BCUT2D eigenvalue weighted by Gasteiger charge is -2.27. The monoisotopic (exact) mass is 494 g/mol. The Labute approximate surface area is 209 Å². The number of nitrogens with one attached hydrogen (secondary N) is 1. The third kappa shape index (κ3) is 5.62. The lowest BCUT2D eigenvalue weighted by atomic mass is 10.1. The standard InChI is InChI=1S/C26H30N4O4S/c1-4-33-21-12-11-19(15-22(21)34-5-2)13-14-27-23(31)16-29-24(32)17-35-26-25(29)18(3)28-30(26)20-9-7-6-8-10-20/h6-12,15H,4-5,13-14,16-17H2,1-3H3,(H,27,31). The van der Waals surface area contributed by atoms with Crippen LogP contribution >= 0.6 is 11.8 Å². The van der Waals surface area contributed by atoms with Crippen molar-refractivity contribution in [3.05, 3.63) is 59.8 Å². The van der Waals surface area contributed by atoms with Gasteiger partial charge in [0.15, 0.2) is 11.5 Å². The first-order valence-electron chi connectivity index (χ1n) is 11.7. The van der Waals surface area contributed by atoms with Crippen molar-refractivity contribution in [2.45, 2.75) is 32.2 Å². The molecule has 1 aromatic heterocycles. The van der Waals surface area contributed by atoms with E-state index in [1.54, 1.807) is 4.90 Å². The second-order valence-corrected chi connectivity index (χ2v) is 8.97.